The summed E-state index contributed by atoms with van der Waals surface area (Å²) >= 11 is 0. The summed E-state index contributed by atoms with van der Waals surface area (Å²) in [5.41, 5.74) is 0.0141. The van der Waals surface area contributed by atoms with E-state index in [1.165, 1.54) is 0 Å². The molecule has 0 radical (unpaired) electrons. The molecular formula is C14H18N6O4. The normalized spacial score (nSPS) is 32.2. The summed E-state index contributed by atoms with van der Waals surface area (Å²) in [6.45, 7) is -0.160. The summed E-state index contributed by atoms with van der Waals surface area (Å²) in [5, 5.41) is 19.9. The van der Waals surface area contributed by atoms with Crippen LogP contribution in [0, 0.1) is 0 Å². The van der Waals surface area contributed by atoms with Gasteiger partial charge >= 0.3 is 0 Å². The molecule has 4 heterocycles. The van der Waals surface area contributed by atoms with Crippen LogP contribution in [0.5, 0.6) is 0 Å². The van der Waals surface area contributed by atoms with Gasteiger partial charge in [0.15, 0.2) is 11.9 Å². The molecule has 2 fully saturated rings. The molecule has 10 heteroatoms. The van der Waals surface area contributed by atoms with Crippen LogP contribution >= 0.6 is 0 Å². The SMILES string of the molecule is CN(C)/C=N/c1ncc2ncn([C@@H]3O[C@@]4(CO)COC3C4O)c2n1. The number of aliphatic hydroxyl groups excluding tert-OH is 2. The van der Waals surface area contributed by atoms with Crippen LogP contribution in [0.2, 0.25) is 0 Å². The van der Waals surface area contributed by atoms with Gasteiger partial charge < -0.3 is 24.6 Å². The minimum Gasteiger partial charge on any atom is -0.393 e. The Labute approximate surface area is 137 Å². The summed E-state index contributed by atoms with van der Waals surface area (Å²) in [7, 11) is 3.70. The number of aliphatic imine (C=N–C) groups is 1. The first-order valence-corrected chi connectivity index (χ1v) is 7.53. The van der Waals surface area contributed by atoms with E-state index in [1.54, 1.807) is 28.3 Å². The Bertz CT molecular complexity index is 793. The Balaban J connectivity index is 1.71. The summed E-state index contributed by atoms with van der Waals surface area (Å²) in [6, 6.07) is 0. The Morgan fingerprint density at radius 3 is 3.04 bits per heavy atom. The van der Waals surface area contributed by atoms with Crippen molar-refractivity contribution in [2.45, 2.75) is 24.0 Å². The molecule has 2 bridgehead atoms. The van der Waals surface area contributed by atoms with E-state index in [1.807, 2.05) is 14.1 Å². The highest BCUT2D eigenvalue weighted by Gasteiger charge is 2.61. The minimum atomic E-state index is -1.09. The van der Waals surface area contributed by atoms with Crippen LogP contribution in [0.15, 0.2) is 17.5 Å². The Hall–Kier alpha value is -2.14. The van der Waals surface area contributed by atoms with Crippen LogP contribution in [-0.4, -0.2) is 86.1 Å². The molecule has 2 aliphatic heterocycles. The van der Waals surface area contributed by atoms with Gasteiger partial charge in [-0.2, -0.15) is 4.98 Å². The second-order valence-electron chi connectivity index (χ2n) is 6.19. The molecule has 24 heavy (non-hydrogen) atoms. The molecule has 0 saturated carbocycles. The molecule has 10 nitrogen and oxygen atoms in total. The standard InChI is InChI=1S/C14H18N6O4/c1-19(2)6-17-13-15-3-8-11(18-13)20(7-16-8)12-9-10(22)14(4-21,24-12)5-23-9/h3,6-7,9-10,12,21-22H,4-5H2,1-2H3/b17-6+/t9?,10?,12-,14+/m1/s1. The highest BCUT2D eigenvalue weighted by molar-refractivity contribution is 5.71. The maximum absolute atomic E-state index is 10.3. The number of aliphatic hydroxyl groups is 2. The number of hydrogen-bond donors (Lipinski definition) is 2. The molecular weight excluding hydrogens is 316 g/mol. The number of fused-ring (bicyclic) bond motifs is 3. The Kier molecular flexibility index (Phi) is 3.49. The lowest BCUT2D eigenvalue weighted by Gasteiger charge is -2.29. The summed E-state index contributed by atoms with van der Waals surface area (Å²) < 4.78 is 13.2. The van der Waals surface area contributed by atoms with Crippen LogP contribution in [0.4, 0.5) is 5.95 Å². The minimum absolute atomic E-state index is 0.159. The zero-order chi connectivity index (χ0) is 16.9. The molecule has 2 aromatic rings. The van der Waals surface area contributed by atoms with E-state index in [-0.39, 0.29) is 13.2 Å². The lowest BCUT2D eigenvalue weighted by atomic mass is 10.0. The molecule has 2 unspecified atom stereocenters. The smallest absolute Gasteiger partial charge is 0.252 e. The molecule has 0 aliphatic carbocycles. The van der Waals surface area contributed by atoms with E-state index < -0.39 is 24.0 Å². The molecule has 128 valence electrons. The van der Waals surface area contributed by atoms with E-state index in [0.717, 1.165) is 0 Å². The summed E-state index contributed by atoms with van der Waals surface area (Å²) in [5.74, 6) is 0.291. The zero-order valence-corrected chi connectivity index (χ0v) is 13.3. The molecule has 4 atom stereocenters. The third kappa shape index (κ3) is 2.18. The summed E-state index contributed by atoms with van der Waals surface area (Å²) in [4.78, 5) is 18.7. The molecule has 0 amide bonds. The molecule has 2 aliphatic rings. The first-order chi connectivity index (χ1) is 11.5. The molecule has 0 spiro atoms. The van der Waals surface area contributed by atoms with Crippen molar-refractivity contribution >= 4 is 23.5 Å². The lowest BCUT2D eigenvalue weighted by Crippen LogP contribution is -2.44. The monoisotopic (exact) mass is 334 g/mol. The van der Waals surface area contributed by atoms with Crippen LogP contribution in [-0.2, 0) is 9.47 Å². The number of imidazole rings is 1. The second-order valence-corrected chi connectivity index (χ2v) is 6.19. The van der Waals surface area contributed by atoms with Gasteiger partial charge in [0.05, 0.1) is 32.1 Å². The average Bonchev–Trinajstić information content (AvgIpc) is 3.22. The first-order valence-electron chi connectivity index (χ1n) is 7.53. The van der Waals surface area contributed by atoms with E-state index in [9.17, 15) is 10.2 Å². The second kappa shape index (κ2) is 5.45. The predicted molar refractivity (Wildman–Crippen MR) is 82.8 cm³/mol. The van der Waals surface area contributed by atoms with E-state index in [4.69, 9.17) is 9.47 Å². The number of ether oxygens (including phenoxy) is 2. The Morgan fingerprint density at radius 2 is 2.33 bits per heavy atom. The van der Waals surface area contributed by atoms with Crippen molar-refractivity contribution in [3.63, 3.8) is 0 Å². The van der Waals surface area contributed by atoms with E-state index >= 15 is 0 Å². The number of hydrogen-bond acceptors (Lipinski definition) is 8. The van der Waals surface area contributed by atoms with Gasteiger partial charge in [-0.1, -0.05) is 0 Å². The van der Waals surface area contributed by atoms with Crippen LogP contribution in [0.3, 0.4) is 0 Å². The van der Waals surface area contributed by atoms with Crippen molar-refractivity contribution in [1.29, 1.82) is 0 Å². The van der Waals surface area contributed by atoms with E-state index in [0.29, 0.717) is 17.1 Å². The van der Waals surface area contributed by atoms with Gasteiger partial charge in [0, 0.05) is 14.1 Å². The van der Waals surface area contributed by atoms with Crippen molar-refractivity contribution in [3.05, 3.63) is 12.5 Å². The molecule has 0 aromatic carbocycles. The number of rotatable bonds is 4. The fourth-order valence-electron chi connectivity index (χ4n) is 2.99. The summed E-state index contributed by atoms with van der Waals surface area (Å²) in [6.07, 6.45) is 2.63. The largest absolute Gasteiger partial charge is 0.393 e. The lowest BCUT2D eigenvalue weighted by molar-refractivity contribution is -0.185. The van der Waals surface area contributed by atoms with Gasteiger partial charge in [0.2, 0.25) is 0 Å². The van der Waals surface area contributed by atoms with Gasteiger partial charge in [-0.15, -0.1) is 0 Å². The third-order valence-corrected chi connectivity index (χ3v) is 4.26. The van der Waals surface area contributed by atoms with Gasteiger partial charge in [-0.25, -0.2) is 15.0 Å². The van der Waals surface area contributed by atoms with Crippen molar-refractivity contribution in [1.82, 2.24) is 24.4 Å². The first kappa shape index (κ1) is 15.4. The highest BCUT2D eigenvalue weighted by atomic mass is 16.7. The van der Waals surface area contributed by atoms with Crippen LogP contribution in [0.1, 0.15) is 6.23 Å². The predicted octanol–water partition coefficient (Wildman–Crippen LogP) is -0.933. The fourth-order valence-corrected chi connectivity index (χ4v) is 2.99. The average molecular weight is 334 g/mol. The van der Waals surface area contributed by atoms with Crippen molar-refractivity contribution in [3.8, 4) is 0 Å². The van der Waals surface area contributed by atoms with Crippen molar-refractivity contribution in [2.24, 2.45) is 4.99 Å². The van der Waals surface area contributed by atoms with Crippen LogP contribution < -0.4 is 0 Å². The maximum atomic E-state index is 10.3. The molecule has 2 saturated heterocycles. The zero-order valence-electron chi connectivity index (χ0n) is 13.3. The van der Waals surface area contributed by atoms with E-state index in [2.05, 4.69) is 19.9 Å². The number of nitrogens with zero attached hydrogens (tertiary/aromatic N) is 6. The topological polar surface area (TPSA) is 118 Å². The molecule has 4 rings (SSSR count). The van der Waals surface area contributed by atoms with Gasteiger partial charge in [0.25, 0.3) is 5.95 Å². The van der Waals surface area contributed by atoms with Crippen LogP contribution in [0.25, 0.3) is 11.2 Å². The number of aromatic nitrogens is 4. The van der Waals surface area contributed by atoms with Crippen molar-refractivity contribution < 1.29 is 19.7 Å². The third-order valence-electron chi connectivity index (χ3n) is 4.26. The highest BCUT2D eigenvalue weighted by Crippen LogP contribution is 2.45. The maximum Gasteiger partial charge on any atom is 0.252 e. The molecule has 2 N–H and O–H groups in total. The van der Waals surface area contributed by atoms with Gasteiger partial charge in [-0.3, -0.25) is 4.57 Å². The van der Waals surface area contributed by atoms with Gasteiger partial charge in [-0.05, 0) is 0 Å². The molecule has 2 aromatic heterocycles. The van der Waals surface area contributed by atoms with Gasteiger partial charge in [0.1, 0.15) is 23.3 Å². The quantitative estimate of drug-likeness (QED) is 0.544. The Morgan fingerprint density at radius 1 is 1.50 bits per heavy atom. The fraction of sp³-hybridized carbons (Fsp3) is 0.571. The van der Waals surface area contributed by atoms with Crippen molar-refractivity contribution in [2.75, 3.05) is 27.3 Å².